The third-order valence-corrected chi connectivity index (χ3v) is 7.83. The molecule has 0 heterocycles. The zero-order valence-electron chi connectivity index (χ0n) is 14.9. The summed E-state index contributed by atoms with van der Waals surface area (Å²) in [6.07, 6.45) is 7.56. The molecule has 0 aromatic heterocycles. The van der Waals surface area contributed by atoms with Crippen molar-refractivity contribution in [3.63, 3.8) is 0 Å². The van der Waals surface area contributed by atoms with Gasteiger partial charge in [0.05, 0.1) is 5.60 Å². The van der Waals surface area contributed by atoms with Gasteiger partial charge in [0, 0.05) is 6.42 Å². The van der Waals surface area contributed by atoms with Gasteiger partial charge >= 0.3 is 5.97 Å². The molecule has 0 radical (unpaired) electrons. The molecule has 0 aromatic carbocycles. The van der Waals surface area contributed by atoms with Crippen LogP contribution in [-0.4, -0.2) is 21.8 Å². The fraction of sp³-hybridized carbons (Fsp3) is 0.850. The molecule has 23 heavy (non-hydrogen) atoms. The first-order chi connectivity index (χ1) is 10.6. The van der Waals surface area contributed by atoms with Crippen molar-refractivity contribution in [3.05, 3.63) is 12.2 Å². The van der Waals surface area contributed by atoms with Crippen LogP contribution in [0.2, 0.25) is 0 Å². The molecule has 3 nitrogen and oxygen atoms in total. The van der Waals surface area contributed by atoms with E-state index in [1.54, 1.807) is 0 Å². The van der Waals surface area contributed by atoms with Crippen molar-refractivity contribution in [2.75, 3.05) is 0 Å². The van der Waals surface area contributed by atoms with Gasteiger partial charge in [0.15, 0.2) is 0 Å². The molecular weight excluding hydrogens is 288 g/mol. The van der Waals surface area contributed by atoms with Gasteiger partial charge < -0.3 is 10.2 Å². The summed E-state index contributed by atoms with van der Waals surface area (Å²) in [6, 6.07) is 0. The SMILES string of the molecule is C=C(C)[C@H]1CC[C@]23CC[C@@H](C[C@H]2[C@@]1(C)CCC(=O)O)[C@@](C)(O)C3. The average molecular weight is 320 g/mol. The number of hydrogen-bond acceptors (Lipinski definition) is 2. The first-order valence-corrected chi connectivity index (χ1v) is 9.20. The topological polar surface area (TPSA) is 57.5 Å². The van der Waals surface area contributed by atoms with Crippen LogP contribution in [0.3, 0.4) is 0 Å². The maximum Gasteiger partial charge on any atom is 0.303 e. The molecule has 4 aliphatic rings. The average Bonchev–Trinajstić information content (AvgIpc) is 2.43. The van der Waals surface area contributed by atoms with Crippen LogP contribution >= 0.6 is 0 Å². The molecule has 130 valence electrons. The number of allylic oxidation sites excluding steroid dienone is 1. The number of hydrogen-bond donors (Lipinski definition) is 2. The van der Waals surface area contributed by atoms with E-state index in [9.17, 15) is 15.0 Å². The second-order valence-electron chi connectivity index (χ2n) is 9.26. The van der Waals surface area contributed by atoms with Gasteiger partial charge in [0.1, 0.15) is 0 Å². The Bertz CT molecular complexity index is 523. The van der Waals surface area contributed by atoms with Crippen molar-refractivity contribution in [2.45, 2.75) is 77.7 Å². The Morgan fingerprint density at radius 2 is 1.91 bits per heavy atom. The minimum absolute atomic E-state index is 0.0116. The summed E-state index contributed by atoms with van der Waals surface area (Å²) in [5, 5.41) is 20.1. The van der Waals surface area contributed by atoms with E-state index < -0.39 is 11.6 Å². The highest BCUT2D eigenvalue weighted by atomic mass is 16.4. The van der Waals surface area contributed by atoms with E-state index >= 15 is 0 Å². The van der Waals surface area contributed by atoms with Gasteiger partial charge in [-0.05, 0) is 87.4 Å². The molecule has 4 aliphatic carbocycles. The van der Waals surface area contributed by atoms with Crippen molar-refractivity contribution in [3.8, 4) is 0 Å². The lowest BCUT2D eigenvalue weighted by Crippen LogP contribution is -2.62. The third-order valence-electron chi connectivity index (χ3n) is 7.83. The fourth-order valence-electron chi connectivity index (χ4n) is 6.82. The largest absolute Gasteiger partial charge is 0.481 e. The van der Waals surface area contributed by atoms with Gasteiger partial charge in [-0.2, -0.15) is 0 Å². The monoisotopic (exact) mass is 320 g/mol. The number of carboxylic acid groups (broad SMARTS) is 1. The highest BCUT2D eigenvalue weighted by Gasteiger charge is 2.63. The van der Waals surface area contributed by atoms with Gasteiger partial charge in [0.2, 0.25) is 0 Å². The van der Waals surface area contributed by atoms with Crippen LogP contribution in [0.25, 0.3) is 0 Å². The first-order valence-electron chi connectivity index (χ1n) is 9.20. The number of aliphatic carboxylic acids is 1. The summed E-state index contributed by atoms with van der Waals surface area (Å²) < 4.78 is 0. The summed E-state index contributed by atoms with van der Waals surface area (Å²) in [4.78, 5) is 11.2. The van der Waals surface area contributed by atoms with Crippen molar-refractivity contribution >= 4 is 5.97 Å². The van der Waals surface area contributed by atoms with Crippen LogP contribution in [0.4, 0.5) is 0 Å². The molecule has 4 rings (SSSR count). The second kappa shape index (κ2) is 5.34. The summed E-state index contributed by atoms with van der Waals surface area (Å²) in [5.41, 5.74) is 0.911. The van der Waals surface area contributed by atoms with Gasteiger partial charge in [-0.3, -0.25) is 4.79 Å². The fourth-order valence-corrected chi connectivity index (χ4v) is 6.82. The Morgan fingerprint density at radius 1 is 1.26 bits per heavy atom. The molecule has 0 amide bonds. The zero-order chi connectivity index (χ0) is 17.0. The van der Waals surface area contributed by atoms with E-state index in [2.05, 4.69) is 20.4 Å². The molecule has 2 N–H and O–H groups in total. The quantitative estimate of drug-likeness (QED) is 0.755. The second-order valence-corrected chi connectivity index (χ2v) is 9.26. The molecule has 1 spiro atoms. The summed E-state index contributed by atoms with van der Waals surface area (Å²) >= 11 is 0. The van der Waals surface area contributed by atoms with Crippen LogP contribution in [0.15, 0.2) is 12.2 Å². The van der Waals surface area contributed by atoms with E-state index in [0.29, 0.717) is 17.8 Å². The molecule has 0 saturated heterocycles. The smallest absolute Gasteiger partial charge is 0.303 e. The number of carboxylic acids is 1. The number of rotatable bonds is 4. The van der Waals surface area contributed by atoms with E-state index in [-0.39, 0.29) is 17.3 Å². The van der Waals surface area contributed by atoms with Crippen molar-refractivity contribution in [1.82, 2.24) is 0 Å². The van der Waals surface area contributed by atoms with Crippen LogP contribution in [0, 0.1) is 28.6 Å². The van der Waals surface area contributed by atoms with E-state index in [4.69, 9.17) is 0 Å². The standard InChI is InChI=1S/C20H32O3/c1-13(2)15-6-10-20-9-5-14(19(4,23)12-20)11-16(20)18(15,3)8-7-17(21)22/h14-16,23H,1,5-12H2,2-4H3,(H,21,22)/t14-,15+,16-,18-,19-,20-/m0/s1. The molecule has 0 aliphatic heterocycles. The normalized spacial score (nSPS) is 48.8. The molecule has 2 bridgehead atoms. The van der Waals surface area contributed by atoms with Crippen LogP contribution in [0.1, 0.15) is 72.1 Å². The molecule has 4 saturated carbocycles. The summed E-state index contributed by atoms with van der Waals surface area (Å²) in [7, 11) is 0. The maximum absolute atomic E-state index is 11.2. The Balaban J connectivity index is 1.96. The minimum atomic E-state index is -0.695. The van der Waals surface area contributed by atoms with Crippen LogP contribution < -0.4 is 0 Å². The van der Waals surface area contributed by atoms with E-state index in [1.165, 1.54) is 18.4 Å². The Hall–Kier alpha value is -0.830. The Morgan fingerprint density at radius 3 is 2.48 bits per heavy atom. The molecule has 3 heteroatoms. The van der Waals surface area contributed by atoms with E-state index in [1.807, 2.05) is 6.92 Å². The number of aliphatic hydroxyl groups is 1. The van der Waals surface area contributed by atoms with Gasteiger partial charge in [-0.1, -0.05) is 19.1 Å². The highest BCUT2D eigenvalue weighted by Crippen LogP contribution is 2.69. The molecule has 0 unspecified atom stereocenters. The number of carbonyl (C=O) groups is 1. The summed E-state index contributed by atoms with van der Waals surface area (Å²) in [6.45, 7) is 10.7. The predicted molar refractivity (Wildman–Crippen MR) is 91.0 cm³/mol. The van der Waals surface area contributed by atoms with Gasteiger partial charge in [-0.15, -0.1) is 0 Å². The Kier molecular flexibility index (Phi) is 3.95. The molecule has 4 fully saturated rings. The third kappa shape index (κ3) is 2.56. The minimum Gasteiger partial charge on any atom is -0.481 e. The van der Waals surface area contributed by atoms with Gasteiger partial charge in [-0.25, -0.2) is 0 Å². The highest BCUT2D eigenvalue weighted by molar-refractivity contribution is 5.66. The van der Waals surface area contributed by atoms with Crippen molar-refractivity contribution in [1.29, 1.82) is 0 Å². The number of fused-ring (bicyclic) bond motifs is 2. The maximum atomic E-state index is 11.2. The van der Waals surface area contributed by atoms with Crippen molar-refractivity contribution in [2.24, 2.45) is 28.6 Å². The van der Waals surface area contributed by atoms with Gasteiger partial charge in [0.25, 0.3) is 0 Å². The molecule has 6 atom stereocenters. The Labute approximate surface area is 140 Å². The summed E-state index contributed by atoms with van der Waals surface area (Å²) in [5.74, 6) is 0.632. The van der Waals surface area contributed by atoms with Crippen molar-refractivity contribution < 1.29 is 15.0 Å². The molecule has 0 aromatic rings. The first kappa shape index (κ1) is 17.0. The van der Waals surface area contributed by atoms with E-state index in [0.717, 1.165) is 32.1 Å². The van der Waals surface area contributed by atoms with Crippen LogP contribution in [-0.2, 0) is 4.79 Å². The lowest BCUT2D eigenvalue weighted by molar-refractivity contribution is -0.208. The zero-order valence-corrected chi connectivity index (χ0v) is 14.9. The lowest BCUT2D eigenvalue weighted by Gasteiger charge is -2.67. The lowest BCUT2D eigenvalue weighted by atomic mass is 9.38. The molecular formula is C20H32O3. The predicted octanol–water partition coefficient (Wildman–Crippen LogP) is 4.40. The van der Waals surface area contributed by atoms with Crippen LogP contribution in [0.5, 0.6) is 0 Å².